The molecule has 1 aromatic carbocycles. The highest BCUT2D eigenvalue weighted by molar-refractivity contribution is 6.30. The molecule has 2 saturated heterocycles. The molecule has 2 aliphatic heterocycles. The van der Waals surface area contributed by atoms with Crippen molar-refractivity contribution < 1.29 is 68.3 Å². The van der Waals surface area contributed by atoms with Crippen molar-refractivity contribution in [3.05, 3.63) is 51.3 Å². The molecule has 15 atom stereocenters. The van der Waals surface area contributed by atoms with Crippen molar-refractivity contribution in [3.63, 3.8) is 0 Å². The lowest BCUT2D eigenvalue weighted by Crippen LogP contribution is -2.72. The fourth-order valence-electron chi connectivity index (χ4n) is 11.4. The smallest absolute Gasteiger partial charge is 0.316 e. The lowest BCUT2D eigenvalue weighted by molar-refractivity contribution is -0.285. The number of carbonyl (C=O) groups is 3. The third kappa shape index (κ3) is 5.60. The quantitative estimate of drug-likeness (QED) is 0.251. The highest BCUT2D eigenvalue weighted by Crippen LogP contribution is 2.57. The van der Waals surface area contributed by atoms with Crippen LogP contribution in [0, 0.1) is 17.8 Å². The predicted molar refractivity (Wildman–Crippen MR) is 197 cm³/mol. The number of benzene rings is 1. The van der Waals surface area contributed by atoms with E-state index in [9.17, 15) is 39.9 Å². The average molecular weight is 786 g/mol. The Morgan fingerprint density at radius 1 is 0.982 bits per heavy atom. The number of rotatable bonds is 7. The molecule has 0 radical (unpaired) electrons. The Morgan fingerprint density at radius 2 is 1.64 bits per heavy atom. The number of aromatic hydroxyl groups is 1. The highest BCUT2D eigenvalue weighted by atomic mass is 16.6. The number of ether oxygens (including phenoxy) is 6. The van der Waals surface area contributed by atoms with E-state index in [2.05, 4.69) is 0 Å². The van der Waals surface area contributed by atoms with Gasteiger partial charge in [-0.1, -0.05) is 6.92 Å². The average Bonchev–Trinajstić information content (AvgIpc) is 3.12. The lowest BCUT2D eigenvalue weighted by Gasteiger charge is -2.59. The predicted octanol–water partition coefficient (Wildman–Crippen LogP) is 2.28. The van der Waals surface area contributed by atoms with Crippen LogP contribution >= 0.6 is 0 Å². The van der Waals surface area contributed by atoms with Crippen LogP contribution in [0.15, 0.2) is 29.0 Å². The normalized spacial score (nSPS) is 43.1. The first-order valence-electron chi connectivity index (χ1n) is 19.1. The summed E-state index contributed by atoms with van der Waals surface area (Å²) in [6.07, 6.45) is -4.36. The third-order valence-electron chi connectivity index (χ3n) is 13.9. The molecule has 2 heterocycles. The van der Waals surface area contributed by atoms with Gasteiger partial charge in [-0.05, 0) is 71.3 Å². The summed E-state index contributed by atoms with van der Waals surface area (Å²) < 4.78 is 36.0. The maximum atomic E-state index is 14.9. The number of esters is 1. The van der Waals surface area contributed by atoms with Gasteiger partial charge in [0.2, 0.25) is 5.78 Å². The second-order valence-electron chi connectivity index (χ2n) is 17.3. The first-order chi connectivity index (χ1) is 26.2. The minimum Gasteiger partial charge on any atom is -0.507 e. The van der Waals surface area contributed by atoms with E-state index in [-0.39, 0.29) is 58.3 Å². The number of hydrogen-bond acceptors (Lipinski definition) is 15. The monoisotopic (exact) mass is 785 g/mol. The molecule has 5 N–H and O–H groups in total. The number of ketones is 2. The van der Waals surface area contributed by atoms with Crippen LogP contribution in [-0.4, -0.2) is 150 Å². The van der Waals surface area contributed by atoms with Crippen LogP contribution in [0.4, 0.5) is 0 Å². The topological polar surface area (TPSA) is 211 Å². The fourth-order valence-corrected chi connectivity index (χ4v) is 11.4. The first kappa shape index (κ1) is 40.9. The van der Waals surface area contributed by atoms with E-state index >= 15 is 0 Å². The summed E-state index contributed by atoms with van der Waals surface area (Å²) in [7, 11) is 9.29. The number of aliphatic hydroxyl groups is 4. The molecule has 15 heteroatoms. The molecule has 1 aromatic rings. The third-order valence-corrected chi connectivity index (χ3v) is 13.9. The zero-order chi connectivity index (χ0) is 41.1. The van der Waals surface area contributed by atoms with Gasteiger partial charge in [0.15, 0.2) is 5.78 Å². The Hall–Kier alpha value is -3.25. The molecule has 0 aromatic heterocycles. The van der Waals surface area contributed by atoms with E-state index in [1.807, 2.05) is 13.8 Å². The van der Waals surface area contributed by atoms with Gasteiger partial charge in [-0.3, -0.25) is 14.4 Å². The summed E-state index contributed by atoms with van der Waals surface area (Å²) in [5.74, 6) is -6.52. The molecule has 15 nitrogen and oxygen atoms in total. The van der Waals surface area contributed by atoms with Crippen molar-refractivity contribution in [2.24, 2.45) is 17.8 Å². The highest BCUT2D eigenvalue weighted by Gasteiger charge is 2.63. The van der Waals surface area contributed by atoms with Crippen molar-refractivity contribution in [3.8, 4) is 5.75 Å². The van der Waals surface area contributed by atoms with Crippen molar-refractivity contribution in [1.29, 1.82) is 0 Å². The van der Waals surface area contributed by atoms with Crippen molar-refractivity contribution in [2.45, 2.75) is 118 Å². The summed E-state index contributed by atoms with van der Waals surface area (Å²) in [5, 5.41) is 58.8. The van der Waals surface area contributed by atoms with Gasteiger partial charge in [0.05, 0.1) is 60.4 Å². The van der Waals surface area contributed by atoms with Gasteiger partial charge in [-0.25, -0.2) is 0 Å². The second kappa shape index (κ2) is 13.9. The maximum Gasteiger partial charge on any atom is 0.316 e. The number of allylic oxidation sites excluding steroid dienone is 2. The number of nitrogens with zero attached hydrogens (tertiary/aromatic N) is 1. The molecule has 13 unspecified atom stereocenters. The van der Waals surface area contributed by atoms with Gasteiger partial charge < -0.3 is 58.9 Å². The van der Waals surface area contributed by atoms with E-state index in [1.54, 1.807) is 40.1 Å². The van der Waals surface area contributed by atoms with E-state index < -0.39 is 106 Å². The fraction of sp³-hybridized carbons (Fsp3) is 0.683. The molecule has 56 heavy (non-hydrogen) atoms. The molecule has 1 saturated carbocycles. The molecule has 6 aliphatic rings. The van der Waals surface area contributed by atoms with Crippen LogP contribution in [0.2, 0.25) is 0 Å². The van der Waals surface area contributed by atoms with Crippen LogP contribution < -0.4 is 0 Å². The van der Waals surface area contributed by atoms with E-state index in [4.69, 9.17) is 28.4 Å². The standard InChI is InChI=1S/C41H55NO14/c1-16-11-23(37(52-8)41(4,54-10)36(16)51-7)55-24-15-39(2,50)29(38(49)53-9)18-12-19-27(33(46)25(18)24)34(47)28-21(43)14-20-17(26(28)31(19)44)13-22-32(45)30(42(5)6)35(48)40(20,3)56-22/h12,14,16-17,20,22-24,29-30,32,35-37,43,45-46,48,50H,11,13,15H2,1-10H3/t16?,17?,20?,22?,23?,24-,29?,30?,32?,35?,36?,37?,39+,40?,41?/m0/s1. The van der Waals surface area contributed by atoms with Gasteiger partial charge in [-0.15, -0.1) is 0 Å². The first-order valence-corrected chi connectivity index (χ1v) is 19.1. The van der Waals surface area contributed by atoms with E-state index in [0.29, 0.717) is 6.42 Å². The van der Waals surface area contributed by atoms with Crippen LogP contribution in [-0.2, 0) is 33.2 Å². The van der Waals surface area contributed by atoms with Crippen LogP contribution in [0.5, 0.6) is 5.75 Å². The number of phenolic OH excluding ortho intramolecular Hbond substituents is 1. The largest absolute Gasteiger partial charge is 0.507 e. The molecule has 4 aliphatic carbocycles. The summed E-state index contributed by atoms with van der Waals surface area (Å²) >= 11 is 0. The van der Waals surface area contributed by atoms with Gasteiger partial charge >= 0.3 is 5.97 Å². The van der Waals surface area contributed by atoms with E-state index in [1.165, 1.54) is 33.3 Å². The Balaban J connectivity index is 1.36. The Bertz CT molecular complexity index is 1890. The molecular weight excluding hydrogens is 730 g/mol. The Kier molecular flexibility index (Phi) is 10.2. The van der Waals surface area contributed by atoms with Crippen molar-refractivity contribution in [2.75, 3.05) is 42.5 Å². The number of hydrogen-bond donors (Lipinski definition) is 5. The SMILES string of the molecule is COC(=O)C1c2cc3c(c(O)c2[C@@H](OC2CC(C)C(OC)C(C)(OC)C2OC)C[C@@]1(C)O)C(=O)C1=C(C3=O)C2CC3OC(C)(C(O)C(N(C)C)C3O)C2C=C1O. The van der Waals surface area contributed by atoms with Crippen LogP contribution in [0.25, 0.3) is 0 Å². The summed E-state index contributed by atoms with van der Waals surface area (Å²) in [6, 6.07) is 0.632. The molecule has 0 amide bonds. The number of carbonyl (C=O) groups excluding carboxylic acids is 3. The number of methoxy groups -OCH3 is 4. The molecule has 308 valence electrons. The zero-order valence-electron chi connectivity index (χ0n) is 33.6. The van der Waals surface area contributed by atoms with Crippen LogP contribution in [0.1, 0.15) is 90.8 Å². The van der Waals surface area contributed by atoms with Gasteiger partial charge in [0.25, 0.3) is 0 Å². The molecular formula is C41H55NO14. The van der Waals surface area contributed by atoms with E-state index in [0.717, 1.165) is 0 Å². The Labute approximate surface area is 326 Å². The maximum absolute atomic E-state index is 14.9. The zero-order valence-corrected chi connectivity index (χ0v) is 33.6. The lowest BCUT2D eigenvalue weighted by atomic mass is 9.58. The van der Waals surface area contributed by atoms with Gasteiger partial charge in [0, 0.05) is 56.3 Å². The summed E-state index contributed by atoms with van der Waals surface area (Å²) in [4.78, 5) is 44.8. The molecule has 0 spiro atoms. The van der Waals surface area contributed by atoms with Crippen molar-refractivity contribution in [1.82, 2.24) is 4.90 Å². The number of likely N-dealkylation sites (N-methyl/N-ethyl adjacent to an activating group) is 1. The summed E-state index contributed by atoms with van der Waals surface area (Å²) in [5.41, 5.74) is -5.03. The minimum atomic E-state index is -1.82. The molecule has 7 rings (SSSR count). The Morgan fingerprint density at radius 3 is 2.23 bits per heavy atom. The minimum absolute atomic E-state index is 0.0256. The van der Waals surface area contributed by atoms with Crippen molar-refractivity contribution >= 4 is 17.5 Å². The molecule has 3 fully saturated rings. The number of Topliss-reactive ketones (excluding diaryl/α,β-unsaturated/α-hetero) is 2. The number of phenols is 1. The second-order valence-corrected chi connectivity index (χ2v) is 17.3. The number of aliphatic hydroxyl groups excluding tert-OH is 3. The van der Waals surface area contributed by atoms with Crippen LogP contribution in [0.3, 0.4) is 0 Å². The number of fused-ring (bicyclic) bond motifs is 7. The molecule has 2 bridgehead atoms. The van der Waals surface area contributed by atoms with Gasteiger partial charge in [-0.2, -0.15) is 0 Å². The summed E-state index contributed by atoms with van der Waals surface area (Å²) in [6.45, 7) is 6.95. The van der Waals surface area contributed by atoms with Gasteiger partial charge in [0.1, 0.15) is 40.8 Å².